The topological polar surface area (TPSA) is 233 Å². The van der Waals surface area contributed by atoms with E-state index in [4.69, 9.17) is 19.9 Å². The lowest BCUT2D eigenvalue weighted by Gasteiger charge is -2.29. The number of carbonyl (C=O) groups is 7. The summed E-state index contributed by atoms with van der Waals surface area (Å²) in [5.41, 5.74) is 6.50. The fraction of sp³-hybridized carbons (Fsp3) is 0.574. The minimum absolute atomic E-state index is 0.0985. The van der Waals surface area contributed by atoms with Crippen LogP contribution in [0.15, 0.2) is 66.7 Å². The minimum Gasteiger partial charge on any atom is -0.464 e. The molecule has 0 saturated heterocycles. The number of carbonyl (C=O) groups excluding carboxylic acids is 7. The number of halogens is 1. The maximum atomic E-state index is 13.9. The third-order valence-electron chi connectivity index (χ3n) is 12.0. The summed E-state index contributed by atoms with van der Waals surface area (Å²) in [6.07, 6.45) is 5.57. The van der Waals surface area contributed by atoms with Crippen LogP contribution < -0.4 is 32.3 Å². The summed E-state index contributed by atoms with van der Waals surface area (Å²) in [5, 5.41) is 16.4. The first-order valence-corrected chi connectivity index (χ1v) is 26.2. The molecule has 5 amide bonds. The number of ether oxygens (including phenoxy) is 3. The lowest BCUT2D eigenvalue weighted by Crippen LogP contribution is -2.52. The van der Waals surface area contributed by atoms with E-state index >= 15 is 0 Å². The van der Waals surface area contributed by atoms with Crippen molar-refractivity contribution in [3.05, 3.63) is 81.4 Å². The monoisotopic (exact) mass is 1100 g/mol. The van der Waals surface area contributed by atoms with E-state index in [0.717, 1.165) is 44.7 Å². The second-order valence-corrected chi connectivity index (χ2v) is 21.8. The Kier molecular flexibility index (Phi) is 23.5. The van der Waals surface area contributed by atoms with Crippen LogP contribution in [0.25, 0.3) is 10.8 Å². The van der Waals surface area contributed by atoms with Gasteiger partial charge in [-0.05, 0) is 168 Å². The van der Waals surface area contributed by atoms with E-state index in [2.05, 4.69) is 49.2 Å². The van der Waals surface area contributed by atoms with E-state index in [9.17, 15) is 33.6 Å². The third kappa shape index (κ3) is 21.9. The Bertz CT molecular complexity index is 2240. The molecule has 71 heavy (non-hydrogen) atoms. The first-order chi connectivity index (χ1) is 33.6. The fourth-order valence-electron chi connectivity index (χ4n) is 8.18. The molecule has 0 unspecified atom stereocenters. The molecule has 0 bridgehead atoms. The maximum Gasteiger partial charge on any atom is 0.329 e. The van der Waals surface area contributed by atoms with Crippen LogP contribution in [0.2, 0.25) is 0 Å². The zero-order chi connectivity index (χ0) is 52.1. The van der Waals surface area contributed by atoms with Gasteiger partial charge in [0.1, 0.15) is 29.3 Å². The van der Waals surface area contributed by atoms with Crippen LogP contribution in [-0.2, 0) is 55.8 Å². The van der Waals surface area contributed by atoms with E-state index in [0.29, 0.717) is 45.1 Å². The Morgan fingerprint density at radius 1 is 0.676 bits per heavy atom. The van der Waals surface area contributed by atoms with Gasteiger partial charge in [0.25, 0.3) is 0 Å². The summed E-state index contributed by atoms with van der Waals surface area (Å²) in [6, 6.07) is 17.2. The third-order valence-corrected chi connectivity index (χ3v) is 12.7. The van der Waals surface area contributed by atoms with Gasteiger partial charge in [-0.15, -0.1) is 0 Å². The molecule has 0 radical (unpaired) electrons. The molecule has 0 aliphatic heterocycles. The van der Waals surface area contributed by atoms with Gasteiger partial charge in [-0.2, -0.15) is 0 Å². The zero-order valence-corrected chi connectivity index (χ0v) is 44.8. The van der Waals surface area contributed by atoms with E-state index in [1.54, 1.807) is 41.5 Å². The van der Waals surface area contributed by atoms with Crippen LogP contribution >= 0.6 is 22.6 Å². The van der Waals surface area contributed by atoms with E-state index < -0.39 is 59.3 Å². The number of nitrogens with one attached hydrogen (secondary N) is 5. The Labute approximate surface area is 433 Å². The highest BCUT2D eigenvalue weighted by molar-refractivity contribution is 14.1. The van der Waals surface area contributed by atoms with Crippen LogP contribution in [0.1, 0.15) is 130 Å². The Morgan fingerprint density at radius 3 is 1.96 bits per heavy atom. The lowest BCUT2D eigenvalue weighted by atomic mass is 9.81. The SMILES string of the molecule is CCCCOC(=O)[C@H](CCCCNC(=O)[C@H](Cc1ccc2ccccc2c1)NC(=O)C1CCC(CNC(=O)[C@@H](N)Cc2ccc(I)cc2)CC1)NC(=O)N[C@@H](CCC(=O)OC(C)(C)C)C(=O)OC(C)(C)C. The summed E-state index contributed by atoms with van der Waals surface area (Å²) >= 11 is 2.24. The predicted molar refractivity (Wildman–Crippen MR) is 282 cm³/mol. The summed E-state index contributed by atoms with van der Waals surface area (Å²) in [4.78, 5) is 93.0. The van der Waals surface area contributed by atoms with E-state index in [-0.39, 0.29) is 68.4 Å². The maximum absolute atomic E-state index is 13.9. The van der Waals surface area contributed by atoms with E-state index in [1.165, 1.54) is 0 Å². The number of benzene rings is 3. The number of hydrogen-bond acceptors (Lipinski definition) is 11. The average molecular weight is 1100 g/mol. The van der Waals surface area contributed by atoms with Gasteiger partial charge in [0.2, 0.25) is 17.7 Å². The average Bonchev–Trinajstić information content (AvgIpc) is 3.30. The minimum atomic E-state index is -1.22. The van der Waals surface area contributed by atoms with Gasteiger partial charge in [-0.1, -0.05) is 67.9 Å². The van der Waals surface area contributed by atoms with Crippen molar-refractivity contribution in [1.29, 1.82) is 0 Å². The molecule has 390 valence electrons. The van der Waals surface area contributed by atoms with Gasteiger partial charge in [-0.25, -0.2) is 14.4 Å². The predicted octanol–water partition coefficient (Wildman–Crippen LogP) is 7.09. The molecule has 1 aliphatic carbocycles. The molecule has 0 heterocycles. The van der Waals surface area contributed by atoms with Crippen molar-refractivity contribution < 1.29 is 47.8 Å². The molecule has 4 atom stereocenters. The van der Waals surface area contributed by atoms with Gasteiger partial charge >= 0.3 is 23.9 Å². The van der Waals surface area contributed by atoms with Crippen LogP contribution in [0.3, 0.4) is 0 Å². The number of unbranched alkanes of at least 4 members (excludes halogenated alkanes) is 2. The summed E-state index contributed by atoms with van der Waals surface area (Å²) in [5.74, 6) is -2.76. The highest BCUT2D eigenvalue weighted by atomic mass is 127. The van der Waals surface area contributed by atoms with Crippen molar-refractivity contribution >= 4 is 75.0 Å². The molecular weight excluding hydrogens is 1020 g/mol. The number of amides is 5. The number of rotatable bonds is 25. The number of urea groups is 1. The smallest absolute Gasteiger partial charge is 0.329 e. The molecule has 17 heteroatoms. The second-order valence-electron chi connectivity index (χ2n) is 20.5. The summed E-state index contributed by atoms with van der Waals surface area (Å²) < 4.78 is 17.5. The fourth-order valence-corrected chi connectivity index (χ4v) is 8.54. The van der Waals surface area contributed by atoms with Crippen LogP contribution in [0, 0.1) is 15.4 Å². The molecule has 3 aromatic carbocycles. The standard InChI is InChI=1S/C54H77IN6O10/c1-8-9-30-69-50(66)43(60-52(68)61-44(51(67)71-54(5,6)7)27-28-46(62)70-53(2,3)4)16-12-13-29-57-49(65)45(33-37-19-22-38-14-10-11-15-40(38)31-37)59-47(63)39-23-17-36(18-24-39)34-58-48(64)42(56)32-35-20-25-41(55)26-21-35/h10-11,14-15,19-22,25-26,31,36,39,42-45H,8-9,12-13,16-18,23-24,27-30,32-34,56H2,1-7H3,(H,57,65)(H,58,64)(H,59,63)(H2,60,61,68)/t36?,39?,42-,43-,44-,45-/m0/s1. The van der Waals surface area contributed by atoms with Crippen LogP contribution in [0.4, 0.5) is 4.79 Å². The molecule has 0 aromatic heterocycles. The Hall–Kier alpha value is -5.30. The molecule has 1 saturated carbocycles. The molecular formula is C54H77IN6O10. The van der Waals surface area contributed by atoms with Gasteiger partial charge in [0, 0.05) is 35.4 Å². The number of hydrogen-bond donors (Lipinski definition) is 6. The van der Waals surface area contributed by atoms with Crippen molar-refractivity contribution in [2.75, 3.05) is 19.7 Å². The van der Waals surface area contributed by atoms with Gasteiger partial charge < -0.3 is 46.5 Å². The first kappa shape index (κ1) is 58.3. The molecule has 1 aliphatic rings. The Morgan fingerprint density at radius 2 is 1.31 bits per heavy atom. The quantitative estimate of drug-likeness (QED) is 0.0217. The summed E-state index contributed by atoms with van der Waals surface area (Å²) in [7, 11) is 0. The van der Waals surface area contributed by atoms with Crippen LogP contribution in [0.5, 0.6) is 0 Å². The molecule has 16 nitrogen and oxygen atoms in total. The second kappa shape index (κ2) is 28.7. The lowest BCUT2D eigenvalue weighted by molar-refractivity contribution is -0.158. The van der Waals surface area contributed by atoms with Crippen molar-refractivity contribution in [3.8, 4) is 0 Å². The number of nitrogens with two attached hydrogens (primary N) is 1. The van der Waals surface area contributed by atoms with E-state index in [1.807, 2.05) is 73.7 Å². The van der Waals surface area contributed by atoms with Crippen LogP contribution in [-0.4, -0.2) is 96.7 Å². The molecule has 3 aromatic rings. The highest BCUT2D eigenvalue weighted by Gasteiger charge is 2.32. The molecule has 0 spiro atoms. The molecule has 7 N–H and O–H groups in total. The van der Waals surface area contributed by atoms with Crippen molar-refractivity contribution in [3.63, 3.8) is 0 Å². The van der Waals surface area contributed by atoms with Gasteiger partial charge in [0.05, 0.1) is 12.6 Å². The van der Waals surface area contributed by atoms with Crippen molar-refractivity contribution in [1.82, 2.24) is 26.6 Å². The number of esters is 3. The largest absolute Gasteiger partial charge is 0.464 e. The zero-order valence-electron chi connectivity index (χ0n) is 42.7. The molecule has 4 rings (SSSR count). The Balaban J connectivity index is 1.34. The molecule has 1 fully saturated rings. The first-order valence-electron chi connectivity index (χ1n) is 25.1. The van der Waals surface area contributed by atoms with Crippen molar-refractivity contribution in [2.45, 2.75) is 167 Å². The highest BCUT2D eigenvalue weighted by Crippen LogP contribution is 2.29. The number of fused-ring (bicyclic) bond motifs is 1. The van der Waals surface area contributed by atoms with Crippen molar-refractivity contribution in [2.24, 2.45) is 17.6 Å². The van der Waals surface area contributed by atoms with Gasteiger partial charge in [0.15, 0.2) is 0 Å². The van der Waals surface area contributed by atoms with Gasteiger partial charge in [-0.3, -0.25) is 19.2 Å². The normalized spacial score (nSPS) is 16.6. The summed E-state index contributed by atoms with van der Waals surface area (Å²) in [6.45, 7) is 13.1.